The maximum absolute atomic E-state index is 12.6. The standard InChI is InChI=1S/C19H26N4O6/c20-13(9-16(22)25)15(24)7-6-12(8-11-4-2-1-3-5-11)18(28)23-19(29)14(21)10-17(26)27/h1-5,12-14H,6-10,20-21H2,(H2,22,25)(H,26,27)(H,23,28,29)/t12?,13-,14-/m0/s1. The molecule has 0 bridgehead atoms. The zero-order valence-corrected chi connectivity index (χ0v) is 15.9. The SMILES string of the molecule is NC(=O)C[C@H](N)C(=O)CCC(Cc1ccccc1)C(=O)NC(=O)[C@@H](N)CC(=O)O. The van der Waals surface area contributed by atoms with E-state index in [1.54, 1.807) is 30.3 Å². The van der Waals surface area contributed by atoms with E-state index in [1.807, 2.05) is 0 Å². The van der Waals surface area contributed by atoms with Gasteiger partial charge in [0.1, 0.15) is 5.78 Å². The van der Waals surface area contributed by atoms with Gasteiger partial charge in [-0.05, 0) is 18.4 Å². The first-order valence-electron chi connectivity index (χ1n) is 9.02. The molecule has 0 saturated carbocycles. The van der Waals surface area contributed by atoms with Gasteiger partial charge in [-0.15, -0.1) is 0 Å². The number of carboxylic acids is 1. The van der Waals surface area contributed by atoms with Gasteiger partial charge in [0.25, 0.3) is 0 Å². The molecule has 0 aliphatic carbocycles. The van der Waals surface area contributed by atoms with Gasteiger partial charge >= 0.3 is 5.97 Å². The van der Waals surface area contributed by atoms with Crippen LogP contribution in [-0.4, -0.2) is 46.7 Å². The first-order valence-corrected chi connectivity index (χ1v) is 9.02. The van der Waals surface area contributed by atoms with E-state index in [4.69, 9.17) is 22.3 Å². The van der Waals surface area contributed by atoms with Gasteiger partial charge in [0, 0.05) is 18.8 Å². The van der Waals surface area contributed by atoms with Crippen molar-refractivity contribution in [3.8, 4) is 0 Å². The van der Waals surface area contributed by atoms with Crippen LogP contribution in [0.5, 0.6) is 0 Å². The average molecular weight is 406 g/mol. The maximum Gasteiger partial charge on any atom is 0.305 e. The van der Waals surface area contributed by atoms with E-state index in [0.29, 0.717) is 0 Å². The van der Waals surface area contributed by atoms with Crippen LogP contribution in [0.2, 0.25) is 0 Å². The molecular weight excluding hydrogens is 380 g/mol. The molecule has 8 N–H and O–H groups in total. The van der Waals surface area contributed by atoms with Gasteiger partial charge in [-0.25, -0.2) is 0 Å². The summed E-state index contributed by atoms with van der Waals surface area (Å²) in [4.78, 5) is 58.2. The van der Waals surface area contributed by atoms with Crippen molar-refractivity contribution in [2.75, 3.05) is 0 Å². The van der Waals surface area contributed by atoms with E-state index in [1.165, 1.54) is 0 Å². The Hall–Kier alpha value is -3.11. The Morgan fingerprint density at radius 2 is 1.55 bits per heavy atom. The van der Waals surface area contributed by atoms with Crippen LogP contribution in [0, 0.1) is 5.92 Å². The molecule has 0 fully saturated rings. The van der Waals surface area contributed by atoms with E-state index < -0.39 is 53.9 Å². The van der Waals surface area contributed by atoms with Gasteiger partial charge in [-0.3, -0.25) is 29.3 Å². The third-order valence-electron chi connectivity index (χ3n) is 4.25. The van der Waals surface area contributed by atoms with Crippen LogP contribution < -0.4 is 22.5 Å². The Balaban J connectivity index is 2.80. The minimum atomic E-state index is -1.38. The number of benzene rings is 1. The van der Waals surface area contributed by atoms with Crippen LogP contribution >= 0.6 is 0 Å². The van der Waals surface area contributed by atoms with Gasteiger partial charge in [-0.1, -0.05) is 30.3 Å². The van der Waals surface area contributed by atoms with E-state index in [0.717, 1.165) is 5.56 Å². The van der Waals surface area contributed by atoms with Crippen LogP contribution in [0.3, 0.4) is 0 Å². The Bertz CT molecular complexity index is 752. The average Bonchev–Trinajstić information content (AvgIpc) is 2.64. The van der Waals surface area contributed by atoms with Crippen LogP contribution in [0.25, 0.3) is 0 Å². The van der Waals surface area contributed by atoms with Gasteiger partial charge in [-0.2, -0.15) is 0 Å². The van der Waals surface area contributed by atoms with Crippen molar-refractivity contribution < 1.29 is 29.1 Å². The number of ketones is 1. The normalized spacial score (nSPS) is 13.7. The molecule has 0 saturated heterocycles. The second-order valence-electron chi connectivity index (χ2n) is 6.73. The fourth-order valence-corrected chi connectivity index (χ4v) is 2.65. The van der Waals surface area contributed by atoms with Crippen LogP contribution in [0.4, 0.5) is 0 Å². The molecule has 10 nitrogen and oxygen atoms in total. The van der Waals surface area contributed by atoms with Crippen molar-refractivity contribution in [1.29, 1.82) is 0 Å². The number of carbonyl (C=O) groups excluding carboxylic acids is 4. The van der Waals surface area contributed by atoms with E-state index >= 15 is 0 Å². The second kappa shape index (κ2) is 11.7. The zero-order valence-electron chi connectivity index (χ0n) is 15.9. The van der Waals surface area contributed by atoms with E-state index in [2.05, 4.69) is 5.32 Å². The highest BCUT2D eigenvalue weighted by molar-refractivity contribution is 6.00. The van der Waals surface area contributed by atoms with Crippen LogP contribution in [-0.2, 0) is 30.4 Å². The molecule has 10 heteroatoms. The minimum Gasteiger partial charge on any atom is -0.481 e. The highest BCUT2D eigenvalue weighted by Crippen LogP contribution is 2.16. The Morgan fingerprint density at radius 1 is 0.931 bits per heavy atom. The number of Topliss-reactive ketones (excluding diaryl/α,β-unsaturated/α-hetero) is 1. The molecule has 3 amide bonds. The van der Waals surface area contributed by atoms with Gasteiger partial charge in [0.05, 0.1) is 18.5 Å². The molecule has 1 unspecified atom stereocenters. The fraction of sp³-hybridized carbons (Fsp3) is 0.421. The summed E-state index contributed by atoms with van der Waals surface area (Å²) >= 11 is 0. The third kappa shape index (κ3) is 9.08. The lowest BCUT2D eigenvalue weighted by molar-refractivity contribution is -0.141. The van der Waals surface area contributed by atoms with E-state index in [9.17, 15) is 24.0 Å². The highest BCUT2D eigenvalue weighted by atomic mass is 16.4. The number of imide groups is 1. The highest BCUT2D eigenvalue weighted by Gasteiger charge is 2.26. The Labute approximate surface area is 167 Å². The van der Waals surface area contributed by atoms with E-state index in [-0.39, 0.29) is 25.7 Å². The molecule has 0 aromatic heterocycles. The molecule has 0 heterocycles. The van der Waals surface area contributed by atoms with Crippen molar-refractivity contribution >= 4 is 29.5 Å². The monoisotopic (exact) mass is 406 g/mol. The molecule has 0 radical (unpaired) electrons. The number of aliphatic carboxylic acids is 1. The molecule has 29 heavy (non-hydrogen) atoms. The molecule has 0 aliphatic heterocycles. The van der Waals surface area contributed by atoms with Crippen LogP contribution in [0.15, 0.2) is 30.3 Å². The summed E-state index contributed by atoms with van der Waals surface area (Å²) in [5.74, 6) is -4.74. The van der Waals surface area contributed by atoms with Crippen molar-refractivity contribution in [3.05, 3.63) is 35.9 Å². The largest absolute Gasteiger partial charge is 0.481 e. The number of nitrogens with one attached hydrogen (secondary N) is 1. The summed E-state index contributed by atoms with van der Waals surface area (Å²) in [5, 5.41) is 10.8. The number of amides is 3. The summed E-state index contributed by atoms with van der Waals surface area (Å²) < 4.78 is 0. The quantitative estimate of drug-likeness (QED) is 0.286. The lowest BCUT2D eigenvalue weighted by Crippen LogP contribution is -2.47. The predicted octanol–water partition coefficient (Wildman–Crippen LogP) is -1.16. The summed E-state index contributed by atoms with van der Waals surface area (Å²) in [6, 6.07) is 6.52. The smallest absolute Gasteiger partial charge is 0.305 e. The summed E-state index contributed by atoms with van der Waals surface area (Å²) in [5.41, 5.74) is 16.9. The molecular formula is C19H26N4O6. The van der Waals surface area contributed by atoms with Gasteiger partial charge < -0.3 is 22.3 Å². The van der Waals surface area contributed by atoms with Crippen molar-refractivity contribution in [1.82, 2.24) is 5.32 Å². The zero-order chi connectivity index (χ0) is 22.0. The summed E-state index contributed by atoms with van der Waals surface area (Å²) in [6.45, 7) is 0. The molecule has 1 rings (SSSR count). The number of carbonyl (C=O) groups is 5. The lowest BCUT2D eigenvalue weighted by atomic mass is 9.91. The predicted molar refractivity (Wildman–Crippen MR) is 103 cm³/mol. The molecule has 0 aliphatic rings. The number of carboxylic acid groups (broad SMARTS) is 1. The van der Waals surface area contributed by atoms with Crippen molar-refractivity contribution in [2.45, 2.75) is 44.2 Å². The lowest BCUT2D eigenvalue weighted by Gasteiger charge is -2.18. The molecule has 1 aromatic rings. The first kappa shape index (κ1) is 23.9. The van der Waals surface area contributed by atoms with Gasteiger partial charge in [0.2, 0.25) is 17.7 Å². The number of hydrogen-bond acceptors (Lipinski definition) is 7. The third-order valence-corrected chi connectivity index (χ3v) is 4.25. The number of primary amides is 1. The second-order valence-corrected chi connectivity index (χ2v) is 6.73. The maximum atomic E-state index is 12.6. The minimum absolute atomic E-state index is 0.0769. The molecule has 3 atom stereocenters. The van der Waals surface area contributed by atoms with Crippen molar-refractivity contribution in [3.63, 3.8) is 0 Å². The molecule has 0 spiro atoms. The molecule has 1 aromatic carbocycles. The van der Waals surface area contributed by atoms with Gasteiger partial charge in [0.15, 0.2) is 0 Å². The van der Waals surface area contributed by atoms with Crippen LogP contribution in [0.1, 0.15) is 31.2 Å². The number of nitrogens with two attached hydrogens (primary N) is 3. The summed E-state index contributed by atoms with van der Waals surface area (Å²) in [6.07, 6.45) is -0.686. The number of hydrogen-bond donors (Lipinski definition) is 5. The molecule has 158 valence electrons. The Morgan fingerprint density at radius 3 is 2.10 bits per heavy atom. The topological polar surface area (TPSA) is 196 Å². The van der Waals surface area contributed by atoms with Crippen molar-refractivity contribution in [2.24, 2.45) is 23.1 Å². The first-order chi connectivity index (χ1) is 13.6. The Kier molecular flexibility index (Phi) is 9.63. The number of rotatable bonds is 12. The summed E-state index contributed by atoms with van der Waals surface area (Å²) in [7, 11) is 0. The fourth-order valence-electron chi connectivity index (χ4n) is 2.65.